The van der Waals surface area contributed by atoms with E-state index >= 15 is 0 Å². The molecule has 9 heteroatoms. The summed E-state index contributed by atoms with van der Waals surface area (Å²) in [4.78, 5) is 26.9. The fourth-order valence-electron chi connectivity index (χ4n) is 4.28. The van der Waals surface area contributed by atoms with E-state index in [1.54, 1.807) is 0 Å². The number of nitrogens with zero attached hydrogens (tertiary/aromatic N) is 1. The van der Waals surface area contributed by atoms with Gasteiger partial charge in [0.05, 0.1) is 18.3 Å². The second-order valence-electron chi connectivity index (χ2n) is 10.6. The SMILES string of the molecule is CN[C@H]1CN(C(=O)OC(C)(C)C)[C@H](C(=O)OC)[C@@H]1CCCCB1OC(C)(C)C(C)(C)O1. The Bertz CT molecular complexity index is 632. The molecule has 2 rings (SSSR count). The van der Waals surface area contributed by atoms with E-state index in [1.807, 2.05) is 27.8 Å². The largest absolute Gasteiger partial charge is 0.467 e. The lowest BCUT2D eigenvalue weighted by Gasteiger charge is -2.32. The number of unbranched alkanes of at least 4 members (excludes halogenated alkanes) is 1. The summed E-state index contributed by atoms with van der Waals surface area (Å²) < 4.78 is 22.7. The van der Waals surface area contributed by atoms with Crippen molar-refractivity contribution in [3.05, 3.63) is 0 Å². The van der Waals surface area contributed by atoms with Gasteiger partial charge in [0.15, 0.2) is 0 Å². The van der Waals surface area contributed by atoms with Crippen LogP contribution < -0.4 is 5.32 Å². The highest BCUT2D eigenvalue weighted by Gasteiger charge is 2.51. The molecule has 31 heavy (non-hydrogen) atoms. The molecule has 2 aliphatic rings. The van der Waals surface area contributed by atoms with Crippen LogP contribution in [0.4, 0.5) is 4.79 Å². The van der Waals surface area contributed by atoms with Gasteiger partial charge in [0, 0.05) is 18.5 Å². The van der Waals surface area contributed by atoms with Crippen molar-refractivity contribution in [2.24, 2.45) is 5.92 Å². The average Bonchev–Trinajstić information content (AvgIpc) is 3.10. The van der Waals surface area contributed by atoms with Crippen LogP contribution in [-0.4, -0.2) is 73.7 Å². The van der Waals surface area contributed by atoms with Crippen LogP contribution in [0.25, 0.3) is 0 Å². The molecule has 1 N–H and O–H groups in total. The van der Waals surface area contributed by atoms with E-state index in [9.17, 15) is 9.59 Å². The minimum atomic E-state index is -0.658. The maximum absolute atomic E-state index is 12.8. The molecule has 0 radical (unpaired) electrons. The molecule has 2 saturated heterocycles. The van der Waals surface area contributed by atoms with Crippen LogP contribution in [0.2, 0.25) is 6.32 Å². The van der Waals surface area contributed by atoms with Gasteiger partial charge in [-0.2, -0.15) is 0 Å². The number of likely N-dealkylation sites (N-methyl/N-ethyl adjacent to an activating group) is 1. The molecular formula is C22H41BN2O6. The summed E-state index contributed by atoms with van der Waals surface area (Å²) in [6, 6.07) is -0.664. The third-order valence-corrected chi connectivity index (χ3v) is 6.62. The van der Waals surface area contributed by atoms with Crippen molar-refractivity contribution >= 4 is 19.2 Å². The van der Waals surface area contributed by atoms with Gasteiger partial charge in [-0.1, -0.05) is 12.8 Å². The second-order valence-corrected chi connectivity index (χ2v) is 10.6. The first-order valence-electron chi connectivity index (χ1n) is 11.3. The van der Waals surface area contributed by atoms with Crippen LogP contribution in [0.3, 0.4) is 0 Å². The maximum atomic E-state index is 12.8. The van der Waals surface area contributed by atoms with Gasteiger partial charge in [0.1, 0.15) is 11.6 Å². The Morgan fingerprint density at radius 1 is 1.13 bits per heavy atom. The molecule has 178 valence electrons. The number of methoxy groups -OCH3 is 1. The molecule has 2 fully saturated rings. The maximum Gasteiger partial charge on any atom is 0.457 e. The molecule has 3 atom stereocenters. The predicted octanol–water partition coefficient (Wildman–Crippen LogP) is 3.25. The Balaban J connectivity index is 1.99. The number of amides is 1. The highest BCUT2D eigenvalue weighted by atomic mass is 16.7. The first-order chi connectivity index (χ1) is 14.2. The quantitative estimate of drug-likeness (QED) is 0.370. The summed E-state index contributed by atoms with van der Waals surface area (Å²) in [5.41, 5.74) is -1.29. The molecule has 0 aromatic rings. The average molecular weight is 440 g/mol. The summed E-state index contributed by atoms with van der Waals surface area (Å²) in [5.74, 6) is -0.456. The molecule has 8 nitrogen and oxygen atoms in total. The van der Waals surface area contributed by atoms with Crippen molar-refractivity contribution in [2.45, 2.75) is 103 Å². The van der Waals surface area contributed by atoms with Crippen molar-refractivity contribution in [2.75, 3.05) is 20.7 Å². The summed E-state index contributed by atoms with van der Waals surface area (Å²) in [5, 5.41) is 3.27. The van der Waals surface area contributed by atoms with Gasteiger partial charge in [-0.25, -0.2) is 9.59 Å². The lowest BCUT2D eigenvalue weighted by molar-refractivity contribution is -0.147. The fourth-order valence-corrected chi connectivity index (χ4v) is 4.28. The Hall–Kier alpha value is -1.32. The smallest absolute Gasteiger partial charge is 0.457 e. The zero-order valence-electron chi connectivity index (χ0n) is 20.7. The number of nitrogens with one attached hydrogen (secondary N) is 1. The molecule has 0 spiro atoms. The Morgan fingerprint density at radius 3 is 2.19 bits per heavy atom. The highest BCUT2D eigenvalue weighted by Crippen LogP contribution is 2.38. The van der Waals surface area contributed by atoms with E-state index in [0.717, 1.165) is 25.6 Å². The minimum absolute atomic E-state index is 0.00605. The summed E-state index contributed by atoms with van der Waals surface area (Å²) in [7, 11) is 3.00. The summed E-state index contributed by atoms with van der Waals surface area (Å²) in [6.45, 7) is 14.1. The molecule has 1 amide bonds. The van der Waals surface area contributed by atoms with Crippen LogP contribution in [0.5, 0.6) is 0 Å². The molecule has 0 aromatic heterocycles. The second kappa shape index (κ2) is 9.67. The first-order valence-corrected chi connectivity index (χ1v) is 11.3. The van der Waals surface area contributed by atoms with Gasteiger partial charge in [0.25, 0.3) is 0 Å². The van der Waals surface area contributed by atoms with Crippen molar-refractivity contribution in [1.29, 1.82) is 0 Å². The van der Waals surface area contributed by atoms with Gasteiger partial charge >= 0.3 is 19.2 Å². The number of esters is 1. The van der Waals surface area contributed by atoms with Crippen LogP contribution in [0, 0.1) is 5.92 Å². The fraction of sp³-hybridized carbons (Fsp3) is 0.909. The number of rotatable bonds is 7. The third kappa shape index (κ3) is 6.14. The Labute approximate surface area is 187 Å². The highest BCUT2D eigenvalue weighted by molar-refractivity contribution is 6.45. The molecule has 0 unspecified atom stereocenters. The van der Waals surface area contributed by atoms with E-state index < -0.39 is 23.7 Å². The molecular weight excluding hydrogens is 399 g/mol. The minimum Gasteiger partial charge on any atom is -0.467 e. The normalized spacial score (nSPS) is 27.5. The van der Waals surface area contributed by atoms with Gasteiger partial charge in [0.2, 0.25) is 0 Å². The lowest BCUT2D eigenvalue weighted by Crippen LogP contribution is -2.46. The van der Waals surface area contributed by atoms with Crippen LogP contribution in [-0.2, 0) is 23.6 Å². The van der Waals surface area contributed by atoms with Gasteiger partial charge in [-0.15, -0.1) is 0 Å². The third-order valence-electron chi connectivity index (χ3n) is 6.62. The molecule has 0 aliphatic carbocycles. The van der Waals surface area contributed by atoms with Crippen LogP contribution >= 0.6 is 0 Å². The number of carbonyl (C=O) groups is 2. The number of carbonyl (C=O) groups excluding carboxylic acids is 2. The zero-order valence-corrected chi connectivity index (χ0v) is 20.7. The zero-order chi connectivity index (χ0) is 23.6. The number of ether oxygens (including phenoxy) is 2. The standard InChI is InChI=1S/C22H41BN2O6/c1-20(2,3)29-19(27)25-14-16(24-8)15(17(25)18(26)28-9)12-10-11-13-23-30-21(4,5)22(6,7)31-23/h15-17,24H,10-14H2,1-9H3/t15-,16+,17+/m1/s1. The summed E-state index contributed by atoms with van der Waals surface area (Å²) in [6.07, 6.45) is 2.89. The van der Waals surface area contributed by atoms with E-state index in [4.69, 9.17) is 18.8 Å². The van der Waals surface area contributed by atoms with Gasteiger partial charge in [-0.05, 0) is 68.3 Å². The van der Waals surface area contributed by atoms with Crippen LogP contribution in [0.1, 0.15) is 67.7 Å². The van der Waals surface area contributed by atoms with Crippen molar-refractivity contribution in [3.8, 4) is 0 Å². The number of likely N-dealkylation sites (tertiary alicyclic amines) is 1. The molecule has 2 heterocycles. The Kier molecular flexibility index (Phi) is 8.09. The number of hydrogen-bond donors (Lipinski definition) is 1. The lowest BCUT2D eigenvalue weighted by atomic mass is 9.80. The summed E-state index contributed by atoms with van der Waals surface area (Å²) >= 11 is 0. The van der Waals surface area contributed by atoms with Crippen molar-refractivity contribution in [3.63, 3.8) is 0 Å². The topological polar surface area (TPSA) is 86.3 Å². The molecule has 0 aromatic carbocycles. The van der Waals surface area contributed by atoms with Gasteiger partial charge < -0.3 is 24.1 Å². The van der Waals surface area contributed by atoms with Crippen LogP contribution in [0.15, 0.2) is 0 Å². The van der Waals surface area contributed by atoms with Gasteiger partial charge in [-0.3, -0.25) is 4.90 Å². The van der Waals surface area contributed by atoms with E-state index in [2.05, 4.69) is 33.0 Å². The van der Waals surface area contributed by atoms with E-state index in [-0.39, 0.29) is 30.3 Å². The molecule has 0 bridgehead atoms. The first kappa shape index (κ1) is 25.9. The van der Waals surface area contributed by atoms with Crippen molar-refractivity contribution < 1.29 is 28.4 Å². The molecule has 2 aliphatic heterocycles. The van der Waals surface area contributed by atoms with E-state index in [0.29, 0.717) is 6.54 Å². The Morgan fingerprint density at radius 2 is 1.71 bits per heavy atom. The predicted molar refractivity (Wildman–Crippen MR) is 120 cm³/mol. The monoisotopic (exact) mass is 440 g/mol. The number of hydrogen-bond acceptors (Lipinski definition) is 7. The van der Waals surface area contributed by atoms with E-state index in [1.165, 1.54) is 12.0 Å². The molecule has 0 saturated carbocycles. The van der Waals surface area contributed by atoms with Crippen molar-refractivity contribution in [1.82, 2.24) is 10.2 Å².